The highest BCUT2D eigenvalue weighted by Gasteiger charge is 2.25. The number of rotatable bonds is 4. The maximum atomic E-state index is 12.8. The van der Waals surface area contributed by atoms with E-state index in [1.54, 1.807) is 17.9 Å². The number of anilines is 1. The molecule has 0 saturated carbocycles. The van der Waals surface area contributed by atoms with E-state index >= 15 is 0 Å². The van der Waals surface area contributed by atoms with Crippen LogP contribution in [0.4, 0.5) is 5.69 Å². The summed E-state index contributed by atoms with van der Waals surface area (Å²) in [7, 11) is 0. The van der Waals surface area contributed by atoms with E-state index < -0.39 is 0 Å². The zero-order valence-electron chi connectivity index (χ0n) is 14.6. The van der Waals surface area contributed by atoms with Gasteiger partial charge in [-0.25, -0.2) is 4.98 Å². The Labute approximate surface area is 155 Å². The minimum atomic E-state index is -0.313. The lowest BCUT2D eigenvalue weighted by Gasteiger charge is -2.15. The Kier molecular flexibility index (Phi) is 4.28. The molecule has 2 heterocycles. The number of carbonyl (C=O) groups is 2. The summed E-state index contributed by atoms with van der Waals surface area (Å²) in [4.78, 5) is 30.6. The number of amides is 1. The molecule has 0 N–H and O–H groups in total. The molecule has 1 aromatic heterocycles. The van der Waals surface area contributed by atoms with Gasteiger partial charge in [-0.1, -0.05) is 23.9 Å². The van der Waals surface area contributed by atoms with Crippen molar-refractivity contribution >= 4 is 40.2 Å². The fourth-order valence-corrected chi connectivity index (χ4v) is 4.06. The summed E-state index contributed by atoms with van der Waals surface area (Å²) < 4.78 is 5.69. The maximum absolute atomic E-state index is 12.8. The van der Waals surface area contributed by atoms with Gasteiger partial charge in [0.2, 0.25) is 5.91 Å². The van der Waals surface area contributed by atoms with Crippen LogP contribution < -0.4 is 4.90 Å². The number of oxazole rings is 1. The van der Waals surface area contributed by atoms with E-state index in [4.69, 9.17) is 4.42 Å². The van der Waals surface area contributed by atoms with Gasteiger partial charge in [0.25, 0.3) is 5.22 Å². The largest absolute Gasteiger partial charge is 0.431 e. The third-order valence-corrected chi connectivity index (χ3v) is 5.50. The summed E-state index contributed by atoms with van der Waals surface area (Å²) in [5.41, 5.74) is 4.12. The molecule has 6 heteroatoms. The van der Waals surface area contributed by atoms with Crippen molar-refractivity contribution in [3.8, 4) is 0 Å². The highest BCUT2D eigenvalue weighted by molar-refractivity contribution is 8.00. The van der Waals surface area contributed by atoms with Gasteiger partial charge in [0, 0.05) is 24.7 Å². The molecule has 1 aliphatic rings. The predicted molar refractivity (Wildman–Crippen MR) is 102 cm³/mol. The predicted octanol–water partition coefficient (Wildman–Crippen LogP) is 4.10. The Bertz CT molecular complexity index is 978. The van der Waals surface area contributed by atoms with Crippen LogP contribution >= 0.6 is 11.8 Å². The number of fused-ring (bicyclic) bond motifs is 2. The van der Waals surface area contributed by atoms with E-state index in [0.717, 1.165) is 28.8 Å². The quantitative estimate of drug-likeness (QED) is 0.514. The van der Waals surface area contributed by atoms with Crippen LogP contribution in [0.1, 0.15) is 29.8 Å². The molecule has 0 saturated heterocycles. The Morgan fingerprint density at radius 1 is 1.23 bits per heavy atom. The minimum absolute atomic E-state index is 0.0290. The number of aromatic nitrogens is 1. The standard InChI is InChI=1S/C20H18N2O3S/c1-12(26-20-21-16-5-3-4-6-18(16)25-20)19(24)15-7-8-17-14(11-15)9-10-22(17)13(2)23/h3-8,11-12H,9-10H2,1-2H3/t12-/m1/s1. The summed E-state index contributed by atoms with van der Waals surface area (Å²) in [5.74, 6) is 0.0593. The molecule has 2 aromatic carbocycles. The molecule has 3 aromatic rings. The summed E-state index contributed by atoms with van der Waals surface area (Å²) in [6.07, 6.45) is 0.780. The molecule has 26 heavy (non-hydrogen) atoms. The first kappa shape index (κ1) is 16.8. The second-order valence-corrected chi connectivity index (χ2v) is 7.63. The van der Waals surface area contributed by atoms with E-state index in [-0.39, 0.29) is 16.9 Å². The fourth-order valence-electron chi connectivity index (χ4n) is 3.22. The number of ketones is 1. The second kappa shape index (κ2) is 6.61. The molecule has 0 bridgehead atoms. The summed E-state index contributed by atoms with van der Waals surface area (Å²) in [6, 6.07) is 13.1. The van der Waals surface area contributed by atoms with Crippen LogP contribution in [0.2, 0.25) is 0 Å². The van der Waals surface area contributed by atoms with Crippen molar-refractivity contribution in [3.63, 3.8) is 0 Å². The topological polar surface area (TPSA) is 63.4 Å². The zero-order valence-corrected chi connectivity index (χ0v) is 15.4. The molecule has 0 spiro atoms. The van der Waals surface area contributed by atoms with Gasteiger partial charge in [-0.15, -0.1) is 0 Å². The first-order chi connectivity index (χ1) is 12.5. The van der Waals surface area contributed by atoms with Crippen molar-refractivity contribution in [2.75, 3.05) is 11.4 Å². The van der Waals surface area contributed by atoms with Gasteiger partial charge in [0.1, 0.15) is 5.52 Å². The Balaban J connectivity index is 1.53. The molecule has 1 atom stereocenters. The van der Waals surface area contributed by atoms with Crippen molar-refractivity contribution in [2.45, 2.75) is 30.7 Å². The van der Waals surface area contributed by atoms with Gasteiger partial charge in [0.05, 0.1) is 5.25 Å². The number of thioether (sulfide) groups is 1. The number of para-hydroxylation sites is 2. The van der Waals surface area contributed by atoms with Crippen molar-refractivity contribution < 1.29 is 14.0 Å². The van der Waals surface area contributed by atoms with Gasteiger partial charge in [0.15, 0.2) is 11.4 Å². The number of hydrogen-bond acceptors (Lipinski definition) is 5. The molecule has 132 valence electrons. The Morgan fingerprint density at radius 3 is 2.81 bits per heavy atom. The normalized spacial score (nSPS) is 14.5. The van der Waals surface area contributed by atoms with E-state index in [0.29, 0.717) is 17.3 Å². The smallest absolute Gasteiger partial charge is 0.257 e. The van der Waals surface area contributed by atoms with Crippen molar-refractivity contribution in [1.29, 1.82) is 0 Å². The highest BCUT2D eigenvalue weighted by Crippen LogP contribution is 2.32. The van der Waals surface area contributed by atoms with Crippen molar-refractivity contribution in [1.82, 2.24) is 4.98 Å². The van der Waals surface area contributed by atoms with Crippen LogP contribution in [0, 0.1) is 0 Å². The molecule has 0 unspecified atom stereocenters. The Morgan fingerprint density at radius 2 is 2.04 bits per heavy atom. The van der Waals surface area contributed by atoms with Crippen LogP contribution in [-0.4, -0.2) is 28.5 Å². The molecular weight excluding hydrogens is 348 g/mol. The summed E-state index contributed by atoms with van der Waals surface area (Å²) in [5, 5.41) is 0.183. The first-order valence-corrected chi connectivity index (χ1v) is 9.38. The molecule has 1 aliphatic heterocycles. The number of benzene rings is 2. The van der Waals surface area contributed by atoms with Gasteiger partial charge in [-0.3, -0.25) is 9.59 Å². The fraction of sp³-hybridized carbons (Fsp3) is 0.250. The van der Waals surface area contributed by atoms with Gasteiger partial charge in [-0.2, -0.15) is 0 Å². The van der Waals surface area contributed by atoms with E-state index in [1.807, 2.05) is 43.3 Å². The average molecular weight is 366 g/mol. The molecule has 0 radical (unpaired) electrons. The van der Waals surface area contributed by atoms with Crippen molar-refractivity contribution in [2.24, 2.45) is 0 Å². The minimum Gasteiger partial charge on any atom is -0.431 e. The summed E-state index contributed by atoms with van der Waals surface area (Å²) >= 11 is 1.32. The van der Waals surface area contributed by atoms with Crippen LogP contribution in [0.25, 0.3) is 11.1 Å². The lowest BCUT2D eigenvalue weighted by atomic mass is 10.0. The average Bonchev–Trinajstić information content (AvgIpc) is 3.23. The van der Waals surface area contributed by atoms with Crippen molar-refractivity contribution in [3.05, 3.63) is 53.6 Å². The van der Waals surface area contributed by atoms with Crippen LogP contribution in [0.15, 0.2) is 52.1 Å². The molecule has 0 fully saturated rings. The molecule has 5 nitrogen and oxygen atoms in total. The first-order valence-electron chi connectivity index (χ1n) is 8.50. The zero-order chi connectivity index (χ0) is 18.3. The third-order valence-electron chi connectivity index (χ3n) is 4.56. The second-order valence-electron chi connectivity index (χ2n) is 6.34. The molecule has 1 amide bonds. The molecule has 0 aliphatic carbocycles. The third kappa shape index (κ3) is 3.01. The SMILES string of the molecule is CC(=O)N1CCc2cc(C(=O)[C@@H](C)Sc3nc4ccccc4o3)ccc21. The number of nitrogens with zero attached hydrogens (tertiary/aromatic N) is 2. The Hall–Kier alpha value is -2.60. The highest BCUT2D eigenvalue weighted by atomic mass is 32.2. The van der Waals surface area contributed by atoms with Crippen LogP contribution in [0.3, 0.4) is 0 Å². The van der Waals surface area contributed by atoms with Gasteiger partial charge >= 0.3 is 0 Å². The van der Waals surface area contributed by atoms with Crippen LogP contribution in [-0.2, 0) is 11.2 Å². The molecular formula is C20H18N2O3S. The van der Waals surface area contributed by atoms with Gasteiger partial charge in [-0.05, 0) is 49.2 Å². The monoisotopic (exact) mass is 366 g/mol. The number of hydrogen-bond donors (Lipinski definition) is 0. The maximum Gasteiger partial charge on any atom is 0.257 e. The lowest BCUT2D eigenvalue weighted by Crippen LogP contribution is -2.25. The lowest BCUT2D eigenvalue weighted by molar-refractivity contribution is -0.116. The van der Waals surface area contributed by atoms with E-state index in [1.165, 1.54) is 11.8 Å². The van der Waals surface area contributed by atoms with E-state index in [9.17, 15) is 9.59 Å². The number of carbonyl (C=O) groups excluding carboxylic acids is 2. The van der Waals surface area contributed by atoms with Crippen LogP contribution in [0.5, 0.6) is 0 Å². The summed E-state index contributed by atoms with van der Waals surface area (Å²) in [6.45, 7) is 4.10. The molecule has 4 rings (SSSR count). The van der Waals surface area contributed by atoms with Gasteiger partial charge < -0.3 is 9.32 Å². The number of Topliss-reactive ketones (excluding diaryl/α,β-unsaturated/α-hetero) is 1. The van der Waals surface area contributed by atoms with E-state index in [2.05, 4.69) is 4.98 Å².